The van der Waals surface area contributed by atoms with Crippen molar-refractivity contribution >= 4 is 0 Å². The molecule has 0 heterocycles. The van der Waals surface area contributed by atoms with Crippen molar-refractivity contribution in [1.29, 1.82) is 0 Å². The number of unbranched alkanes of at least 4 members (excludes halogenated alkanes) is 4. The summed E-state index contributed by atoms with van der Waals surface area (Å²) in [5.74, 6) is 6.84. The molecule has 0 atom stereocenters. The molecule has 0 saturated heterocycles. The molecule has 1 N–H and O–H groups in total. The van der Waals surface area contributed by atoms with Crippen LogP contribution in [0.2, 0.25) is 0 Å². The van der Waals surface area contributed by atoms with Crippen LogP contribution in [0.25, 0.3) is 0 Å². The van der Waals surface area contributed by atoms with Gasteiger partial charge in [-0.3, -0.25) is 0 Å². The molecule has 0 fully saturated rings. The first kappa shape index (κ1) is 56.2. The summed E-state index contributed by atoms with van der Waals surface area (Å²) in [6.45, 7) is 13.0. The van der Waals surface area contributed by atoms with E-state index in [0.717, 1.165) is 108 Å². The summed E-state index contributed by atoms with van der Waals surface area (Å²) >= 11 is 0. The van der Waals surface area contributed by atoms with Gasteiger partial charge in [0.15, 0.2) is 23.0 Å². The molecule has 0 unspecified atom stereocenters. The first-order valence-corrected chi connectivity index (χ1v) is 27.0. The molecule has 0 radical (unpaired) electrons. The van der Waals surface area contributed by atoms with Gasteiger partial charge in [-0.2, -0.15) is 0 Å². The zero-order chi connectivity index (χ0) is 53.0. The van der Waals surface area contributed by atoms with Crippen molar-refractivity contribution in [1.82, 2.24) is 0 Å². The van der Waals surface area contributed by atoms with Crippen LogP contribution < -0.4 is 47.4 Å². The zero-order valence-electron chi connectivity index (χ0n) is 44.9. The van der Waals surface area contributed by atoms with Crippen LogP contribution in [0.5, 0.6) is 57.5 Å². The molecule has 11 nitrogen and oxygen atoms in total. The topological polar surface area (TPSA) is 113 Å². The van der Waals surface area contributed by atoms with Gasteiger partial charge in [0, 0.05) is 6.07 Å². The molecule has 7 aromatic carbocycles. The van der Waals surface area contributed by atoms with Gasteiger partial charge < -0.3 is 52.5 Å². The molecule has 0 aromatic heterocycles. The molecule has 0 amide bonds. The third kappa shape index (κ3) is 19.0. The molecule has 402 valence electrons. The number of hydrogen-bond acceptors (Lipinski definition) is 11. The Balaban J connectivity index is 1.02. The molecule has 0 saturated carbocycles. The van der Waals surface area contributed by atoms with E-state index in [1.54, 1.807) is 0 Å². The maximum Gasteiger partial charge on any atom is 0.162 e. The third-order valence-corrected chi connectivity index (χ3v) is 12.3. The Kier molecular flexibility index (Phi) is 23.2. The number of aliphatic hydroxyl groups is 1. The van der Waals surface area contributed by atoms with Gasteiger partial charge >= 0.3 is 0 Å². The number of hydrogen-bond donors (Lipinski definition) is 1. The normalized spacial score (nSPS) is 10.9. The van der Waals surface area contributed by atoms with Crippen LogP contribution in [0.3, 0.4) is 0 Å². The SMILES string of the molecule is CCCCOc1ccc(COc2ccc(COc3cc(CO)cc(OCc4ccc(OCc5ccc(OCCCC)cc5)c(OCc5ccc(OCCCC)cc5)c4)c3)cc2OCc2ccc(OCCCC)cc2)cc1. The molecule has 76 heavy (non-hydrogen) atoms. The van der Waals surface area contributed by atoms with E-state index < -0.39 is 0 Å². The average molecular weight is 1030 g/mol. The van der Waals surface area contributed by atoms with Gasteiger partial charge in [0.25, 0.3) is 0 Å². The van der Waals surface area contributed by atoms with Gasteiger partial charge in [-0.15, -0.1) is 0 Å². The van der Waals surface area contributed by atoms with Gasteiger partial charge in [-0.25, -0.2) is 0 Å². The largest absolute Gasteiger partial charge is 0.494 e. The van der Waals surface area contributed by atoms with Crippen molar-refractivity contribution in [3.05, 3.63) is 191 Å². The maximum atomic E-state index is 10.3. The van der Waals surface area contributed by atoms with Crippen molar-refractivity contribution in [3.63, 3.8) is 0 Å². The molecular formula is C65H76O11. The van der Waals surface area contributed by atoms with Crippen molar-refractivity contribution in [2.45, 2.75) is 125 Å². The van der Waals surface area contributed by atoms with Crippen LogP contribution in [0.15, 0.2) is 152 Å². The molecule has 0 aliphatic carbocycles. The van der Waals surface area contributed by atoms with E-state index in [0.29, 0.717) is 92.9 Å². The Morgan fingerprint density at radius 2 is 0.526 bits per heavy atom. The van der Waals surface area contributed by atoms with E-state index in [1.165, 1.54) is 0 Å². The highest BCUT2D eigenvalue weighted by Crippen LogP contribution is 2.34. The van der Waals surface area contributed by atoms with Crippen molar-refractivity contribution < 1.29 is 52.5 Å². The van der Waals surface area contributed by atoms with E-state index in [1.807, 2.05) is 152 Å². The summed E-state index contributed by atoms with van der Waals surface area (Å²) in [5, 5.41) is 10.3. The lowest BCUT2D eigenvalue weighted by Crippen LogP contribution is -2.04. The zero-order valence-corrected chi connectivity index (χ0v) is 44.9. The predicted molar refractivity (Wildman–Crippen MR) is 299 cm³/mol. The van der Waals surface area contributed by atoms with Crippen LogP contribution in [0.4, 0.5) is 0 Å². The number of ether oxygens (including phenoxy) is 10. The predicted octanol–water partition coefficient (Wildman–Crippen LogP) is 15.4. The van der Waals surface area contributed by atoms with Gasteiger partial charge in [0.2, 0.25) is 0 Å². The minimum Gasteiger partial charge on any atom is -0.494 e. The lowest BCUT2D eigenvalue weighted by molar-refractivity contribution is 0.252. The first-order valence-electron chi connectivity index (χ1n) is 27.0. The maximum absolute atomic E-state index is 10.3. The van der Waals surface area contributed by atoms with E-state index in [9.17, 15) is 5.11 Å². The van der Waals surface area contributed by atoms with Crippen LogP contribution in [0.1, 0.15) is 118 Å². The monoisotopic (exact) mass is 1030 g/mol. The Bertz CT molecular complexity index is 2550. The van der Waals surface area contributed by atoms with Crippen LogP contribution in [-0.4, -0.2) is 31.5 Å². The van der Waals surface area contributed by atoms with Gasteiger partial charge in [0.05, 0.1) is 33.0 Å². The van der Waals surface area contributed by atoms with E-state index in [-0.39, 0.29) is 19.8 Å². The number of aliphatic hydroxyl groups excluding tert-OH is 1. The highest BCUT2D eigenvalue weighted by molar-refractivity contribution is 5.46. The van der Waals surface area contributed by atoms with Crippen molar-refractivity contribution in [2.75, 3.05) is 26.4 Å². The summed E-state index contributed by atoms with van der Waals surface area (Å²) in [6.07, 6.45) is 8.38. The summed E-state index contributed by atoms with van der Waals surface area (Å²) in [7, 11) is 0. The van der Waals surface area contributed by atoms with E-state index >= 15 is 0 Å². The van der Waals surface area contributed by atoms with Crippen LogP contribution in [-0.2, 0) is 46.2 Å². The molecule has 7 aromatic rings. The Hall–Kier alpha value is -7.50. The highest BCUT2D eigenvalue weighted by atomic mass is 16.5. The van der Waals surface area contributed by atoms with Gasteiger partial charge in [0.1, 0.15) is 74.1 Å². The van der Waals surface area contributed by atoms with Crippen LogP contribution >= 0.6 is 0 Å². The summed E-state index contributed by atoms with van der Waals surface area (Å²) in [6, 6.07) is 49.0. The second kappa shape index (κ2) is 31.4. The minimum absolute atomic E-state index is 0.192. The number of rotatable bonds is 35. The number of benzene rings is 7. The smallest absolute Gasteiger partial charge is 0.162 e. The summed E-state index contributed by atoms with van der Waals surface area (Å²) < 4.78 is 61.9. The lowest BCUT2D eigenvalue weighted by atomic mass is 10.2. The minimum atomic E-state index is -0.192. The molecule has 11 heteroatoms. The van der Waals surface area contributed by atoms with Crippen molar-refractivity contribution in [2.24, 2.45) is 0 Å². The van der Waals surface area contributed by atoms with Gasteiger partial charge in [-0.05, 0) is 150 Å². The highest BCUT2D eigenvalue weighted by Gasteiger charge is 2.14. The summed E-state index contributed by atoms with van der Waals surface area (Å²) in [4.78, 5) is 0. The van der Waals surface area contributed by atoms with Crippen LogP contribution in [0, 0.1) is 0 Å². The standard InChI is InChI=1S/C65H76O11/c1-5-9-33-67-56-23-13-49(14-24-56)43-73-62-31-21-53(39-64(62)75-45-51-17-27-58(28-18-51)69-35-11-7-3)47-71-60-37-55(42-66)38-61(41-60)72-48-54-22-32-63(74-44-50-15-25-57(26-16-50)68-34-10-6-2)65(40-54)76-46-52-19-29-59(30-20-52)70-36-12-8-4/h13-32,37-41,66H,5-12,33-36,42-48H2,1-4H3. The van der Waals surface area contributed by atoms with E-state index in [4.69, 9.17) is 47.4 Å². The second-order valence-electron chi connectivity index (χ2n) is 18.6. The van der Waals surface area contributed by atoms with Gasteiger partial charge in [-0.1, -0.05) is 114 Å². The average Bonchev–Trinajstić information content (AvgIpc) is 3.46. The Morgan fingerprint density at radius 1 is 0.250 bits per heavy atom. The lowest BCUT2D eigenvalue weighted by Gasteiger charge is -2.16. The fraction of sp³-hybridized carbons (Fsp3) is 0.354. The fourth-order valence-corrected chi connectivity index (χ4v) is 7.68. The molecular weight excluding hydrogens is 957 g/mol. The Morgan fingerprint density at radius 3 is 0.816 bits per heavy atom. The molecule has 0 aliphatic heterocycles. The summed E-state index contributed by atoms with van der Waals surface area (Å²) in [5.41, 5.74) is 6.39. The molecule has 0 aliphatic rings. The quantitative estimate of drug-likeness (QED) is 0.0383. The Labute approximate surface area is 450 Å². The molecule has 7 rings (SSSR count). The van der Waals surface area contributed by atoms with E-state index in [2.05, 4.69) is 27.7 Å². The second-order valence-corrected chi connectivity index (χ2v) is 18.6. The third-order valence-electron chi connectivity index (χ3n) is 12.3. The molecule has 0 spiro atoms. The first-order chi connectivity index (χ1) is 37.4. The van der Waals surface area contributed by atoms with Crippen molar-refractivity contribution in [3.8, 4) is 57.5 Å². The fourth-order valence-electron chi connectivity index (χ4n) is 7.68. The molecule has 0 bridgehead atoms.